The van der Waals surface area contributed by atoms with Crippen LogP contribution in [0.3, 0.4) is 0 Å². The molecule has 0 bridgehead atoms. The second-order valence-electron chi connectivity index (χ2n) is 7.47. The van der Waals surface area contributed by atoms with E-state index >= 15 is 0 Å². The standard InChI is InChI=1S/C12H14N3.C10H9FN2.Ir/c1-12(2,3)9-4-6-13-11(8-9)10-5-7-14-15-10;1-12-6-7-13(8-12)10-4-2-9(11)3-5-10;/h4-8H,1-3H3;2-4,6-8H,1H3;/q-1;-2;+3. The zero-order valence-electron chi connectivity index (χ0n) is 16.8. The Balaban J connectivity index is 0.000000202. The van der Waals surface area contributed by atoms with E-state index in [9.17, 15) is 4.39 Å². The minimum atomic E-state index is -0.264. The van der Waals surface area contributed by atoms with Crippen molar-refractivity contribution in [3.63, 3.8) is 0 Å². The molecular weight excluding hydrogens is 545 g/mol. The minimum Gasteiger partial charge on any atom is -0.574 e. The molecule has 29 heavy (non-hydrogen) atoms. The van der Waals surface area contributed by atoms with E-state index in [1.165, 1.54) is 17.7 Å². The third-order valence-corrected chi connectivity index (χ3v) is 4.16. The Morgan fingerprint density at radius 3 is 2.45 bits per heavy atom. The first kappa shape index (κ1) is 22.8. The first-order valence-corrected chi connectivity index (χ1v) is 8.95. The van der Waals surface area contributed by atoms with E-state index in [4.69, 9.17) is 0 Å². The van der Waals surface area contributed by atoms with E-state index in [-0.39, 0.29) is 31.3 Å². The molecule has 0 unspecified atom stereocenters. The van der Waals surface area contributed by atoms with E-state index in [1.54, 1.807) is 12.3 Å². The van der Waals surface area contributed by atoms with E-state index in [0.717, 1.165) is 17.1 Å². The normalized spacial score (nSPS) is 13.0. The Labute approximate surface area is 185 Å². The molecule has 1 aromatic carbocycles. The predicted molar refractivity (Wildman–Crippen MR) is 108 cm³/mol. The van der Waals surface area contributed by atoms with Crippen LogP contribution >= 0.6 is 0 Å². The number of halogens is 1. The Morgan fingerprint density at radius 1 is 1.10 bits per heavy atom. The fourth-order valence-electron chi connectivity index (χ4n) is 2.56. The zero-order valence-corrected chi connectivity index (χ0v) is 19.2. The van der Waals surface area contributed by atoms with Gasteiger partial charge in [-0.3, -0.25) is 9.37 Å². The molecule has 0 radical (unpaired) electrons. The van der Waals surface area contributed by atoms with Crippen molar-refractivity contribution in [3.05, 3.63) is 85.3 Å². The van der Waals surface area contributed by atoms with E-state index < -0.39 is 0 Å². The van der Waals surface area contributed by atoms with Gasteiger partial charge in [-0.25, -0.2) is 0 Å². The molecule has 3 aromatic rings. The second kappa shape index (κ2) is 9.81. The maximum absolute atomic E-state index is 12.6. The second-order valence-corrected chi connectivity index (χ2v) is 7.47. The van der Waals surface area contributed by atoms with Crippen molar-refractivity contribution < 1.29 is 24.5 Å². The van der Waals surface area contributed by atoms with Gasteiger partial charge in [0.05, 0.1) is 0 Å². The van der Waals surface area contributed by atoms with Gasteiger partial charge in [-0.2, -0.15) is 12.7 Å². The smallest absolute Gasteiger partial charge is 0.574 e. The number of benzene rings is 1. The van der Waals surface area contributed by atoms with Gasteiger partial charge in [0, 0.05) is 23.9 Å². The fraction of sp³-hybridized carbons (Fsp3) is 0.227. The molecular formula is C22H23FIrN5. The maximum Gasteiger partial charge on any atom is 3.00 e. The van der Waals surface area contributed by atoms with E-state index in [2.05, 4.69) is 48.1 Å². The molecule has 7 heteroatoms. The number of aromatic nitrogens is 3. The van der Waals surface area contributed by atoms with E-state index in [1.807, 2.05) is 54.2 Å². The first-order valence-electron chi connectivity index (χ1n) is 8.95. The molecule has 2 aromatic heterocycles. The number of hydrogen-bond donors (Lipinski definition) is 0. The molecule has 0 atom stereocenters. The summed E-state index contributed by atoms with van der Waals surface area (Å²) in [6.45, 7) is 8.44. The molecule has 0 aliphatic carbocycles. The first-order chi connectivity index (χ1) is 13.3. The number of nitrogens with zero attached hydrogens (tertiary/aromatic N) is 5. The van der Waals surface area contributed by atoms with Gasteiger partial charge < -0.3 is 20.0 Å². The van der Waals surface area contributed by atoms with Crippen LogP contribution in [0.5, 0.6) is 0 Å². The van der Waals surface area contributed by atoms with Crippen molar-refractivity contribution in [1.82, 2.24) is 20.1 Å². The summed E-state index contributed by atoms with van der Waals surface area (Å²) in [5, 5.41) is 7.80. The van der Waals surface area contributed by atoms with Gasteiger partial charge in [-0.05, 0) is 42.6 Å². The summed E-state index contributed by atoms with van der Waals surface area (Å²) in [4.78, 5) is 8.08. The Morgan fingerprint density at radius 2 is 1.90 bits per heavy atom. The molecule has 0 spiro atoms. The third kappa shape index (κ3) is 6.24. The summed E-state index contributed by atoms with van der Waals surface area (Å²) >= 11 is 0. The summed E-state index contributed by atoms with van der Waals surface area (Å²) in [7, 11) is 1.93. The van der Waals surface area contributed by atoms with Crippen molar-refractivity contribution in [2.75, 3.05) is 11.9 Å². The molecule has 1 aliphatic heterocycles. The average molecular weight is 569 g/mol. The van der Waals surface area contributed by atoms with Crippen LogP contribution < -0.4 is 10.00 Å². The molecule has 0 fully saturated rings. The van der Waals surface area contributed by atoms with Crippen LogP contribution in [0.15, 0.2) is 61.2 Å². The molecule has 0 saturated heterocycles. The number of rotatable bonds is 2. The van der Waals surface area contributed by atoms with Crippen molar-refractivity contribution in [3.8, 4) is 11.4 Å². The quantitative estimate of drug-likeness (QED) is 0.430. The fourth-order valence-corrected chi connectivity index (χ4v) is 2.56. The van der Waals surface area contributed by atoms with Crippen LogP contribution in [0.25, 0.3) is 11.4 Å². The molecule has 152 valence electrons. The van der Waals surface area contributed by atoms with Gasteiger partial charge in [0.15, 0.2) is 0 Å². The molecule has 5 nitrogen and oxygen atoms in total. The van der Waals surface area contributed by atoms with E-state index in [0.29, 0.717) is 0 Å². The van der Waals surface area contributed by atoms with Gasteiger partial charge in [-0.15, -0.1) is 23.9 Å². The Kier molecular flexibility index (Phi) is 7.71. The van der Waals surface area contributed by atoms with Gasteiger partial charge in [0.25, 0.3) is 0 Å². The minimum absolute atomic E-state index is 0. The van der Waals surface area contributed by atoms with Crippen LogP contribution in [0.2, 0.25) is 0 Å². The SMILES string of the molecule is CC(C)(C)c1ccnc(-c2ccn[n-]2)c1.CN1C=CN(c2[c-]cc(F)cc2)[CH-]1.[Ir+3]. The molecule has 4 rings (SSSR count). The third-order valence-electron chi connectivity index (χ3n) is 4.16. The summed E-state index contributed by atoms with van der Waals surface area (Å²) in [5.74, 6) is -0.264. The van der Waals surface area contributed by atoms with Crippen LogP contribution in [-0.4, -0.2) is 22.0 Å². The van der Waals surface area contributed by atoms with Gasteiger partial charge in [-0.1, -0.05) is 32.5 Å². The Hall–Kier alpha value is -2.50. The largest absolute Gasteiger partial charge is 3.00 e. The molecule has 3 heterocycles. The average Bonchev–Trinajstić information content (AvgIpc) is 3.34. The Bertz CT molecular complexity index is 917. The van der Waals surface area contributed by atoms with Crippen molar-refractivity contribution >= 4 is 5.69 Å². The van der Waals surface area contributed by atoms with Gasteiger partial charge >= 0.3 is 20.1 Å². The van der Waals surface area contributed by atoms with Gasteiger partial charge in [0.2, 0.25) is 0 Å². The van der Waals surface area contributed by atoms with Crippen LogP contribution in [-0.2, 0) is 25.5 Å². The number of anilines is 1. The summed E-state index contributed by atoms with van der Waals surface area (Å²) in [6.07, 6.45) is 7.31. The van der Waals surface area contributed by atoms with Crippen molar-refractivity contribution in [1.29, 1.82) is 0 Å². The predicted octanol–water partition coefficient (Wildman–Crippen LogP) is 4.36. The van der Waals surface area contributed by atoms with Crippen LogP contribution in [0.4, 0.5) is 10.1 Å². The summed E-state index contributed by atoms with van der Waals surface area (Å²) < 4.78 is 12.6. The molecule has 1 aliphatic rings. The van der Waals surface area contributed by atoms with Crippen LogP contribution in [0, 0.1) is 18.6 Å². The monoisotopic (exact) mass is 569 g/mol. The number of hydrogen-bond acceptors (Lipinski definition) is 4. The summed E-state index contributed by atoms with van der Waals surface area (Å²) in [5.41, 5.74) is 3.95. The molecule has 0 N–H and O–H groups in total. The van der Waals surface area contributed by atoms with Crippen molar-refractivity contribution in [2.24, 2.45) is 0 Å². The topological polar surface area (TPSA) is 46.4 Å². The molecule has 0 saturated carbocycles. The van der Waals surface area contributed by atoms with Crippen LogP contribution in [0.1, 0.15) is 26.3 Å². The number of pyridine rings is 1. The molecule has 0 amide bonds. The van der Waals surface area contributed by atoms with Crippen molar-refractivity contribution in [2.45, 2.75) is 26.2 Å². The zero-order chi connectivity index (χ0) is 20.1. The van der Waals surface area contributed by atoms with Gasteiger partial charge in [0.1, 0.15) is 0 Å². The maximum atomic E-state index is 12.6. The summed E-state index contributed by atoms with van der Waals surface area (Å²) in [6, 6.07) is 13.3.